The molecule has 2 nitrogen and oxygen atoms in total. The largest absolute Gasteiger partial charge is 0.347 e. The lowest BCUT2D eigenvalue weighted by atomic mass is 10.3. The maximum absolute atomic E-state index is 5.79. The molecule has 12 heavy (non-hydrogen) atoms. The second kappa shape index (κ2) is 3.20. The number of hydrogen-bond acceptors (Lipinski definition) is 3. The first-order chi connectivity index (χ1) is 5.33. The zero-order valence-electron chi connectivity index (χ0n) is 8.51. The molecule has 0 radical (unpaired) electrons. The van der Waals surface area contributed by atoms with Gasteiger partial charge in [-0.05, 0) is 34.6 Å². The summed E-state index contributed by atoms with van der Waals surface area (Å²) in [6, 6.07) is 0. The Bertz CT molecular complexity index is 168. The topological polar surface area (TPSA) is 18.5 Å². The molecule has 0 aromatic rings. The normalized spacial score (nSPS) is 34.5. The molecule has 0 aromatic heterocycles. The molecule has 0 aliphatic carbocycles. The minimum Gasteiger partial charge on any atom is -0.347 e. The Morgan fingerprint density at radius 2 is 1.92 bits per heavy atom. The van der Waals surface area contributed by atoms with Gasteiger partial charge in [-0.3, -0.25) is 0 Å². The Labute approximate surface area is 79.0 Å². The standard InChI is InChI=1S/C9H18O2S/c1-7(2)10-9(5)6-12-8(3,4)11-9/h7H,6H2,1-5H3. The molecule has 1 saturated heterocycles. The van der Waals surface area contributed by atoms with Crippen molar-refractivity contribution in [2.75, 3.05) is 5.75 Å². The predicted molar refractivity (Wildman–Crippen MR) is 52.2 cm³/mol. The van der Waals surface area contributed by atoms with Crippen molar-refractivity contribution in [2.45, 2.75) is 51.4 Å². The summed E-state index contributed by atoms with van der Waals surface area (Å²) < 4.78 is 11.5. The smallest absolute Gasteiger partial charge is 0.176 e. The van der Waals surface area contributed by atoms with Crippen LogP contribution in [0.25, 0.3) is 0 Å². The van der Waals surface area contributed by atoms with Crippen LogP contribution < -0.4 is 0 Å². The molecule has 1 heterocycles. The molecule has 1 atom stereocenters. The quantitative estimate of drug-likeness (QED) is 0.667. The Morgan fingerprint density at radius 3 is 2.25 bits per heavy atom. The van der Waals surface area contributed by atoms with E-state index in [0.29, 0.717) is 0 Å². The molecule has 1 unspecified atom stereocenters. The van der Waals surface area contributed by atoms with Gasteiger partial charge in [0.15, 0.2) is 5.79 Å². The van der Waals surface area contributed by atoms with Gasteiger partial charge in [0.2, 0.25) is 0 Å². The Balaban J connectivity index is 2.53. The molecule has 0 aromatic carbocycles. The van der Waals surface area contributed by atoms with E-state index in [1.54, 1.807) is 11.8 Å². The first-order valence-electron chi connectivity index (χ1n) is 4.35. The number of ether oxygens (including phenoxy) is 2. The number of rotatable bonds is 2. The number of thioether (sulfide) groups is 1. The van der Waals surface area contributed by atoms with E-state index in [-0.39, 0.29) is 16.8 Å². The van der Waals surface area contributed by atoms with Crippen molar-refractivity contribution in [3.63, 3.8) is 0 Å². The van der Waals surface area contributed by atoms with E-state index in [1.807, 2.05) is 20.8 Å². The summed E-state index contributed by atoms with van der Waals surface area (Å²) in [6.07, 6.45) is 0.226. The van der Waals surface area contributed by atoms with Crippen LogP contribution >= 0.6 is 11.8 Å². The second-order valence-electron chi connectivity index (χ2n) is 4.09. The lowest BCUT2D eigenvalue weighted by molar-refractivity contribution is -0.240. The van der Waals surface area contributed by atoms with Gasteiger partial charge >= 0.3 is 0 Å². The van der Waals surface area contributed by atoms with Crippen molar-refractivity contribution in [1.82, 2.24) is 0 Å². The van der Waals surface area contributed by atoms with Gasteiger partial charge in [0.05, 0.1) is 11.9 Å². The third kappa shape index (κ3) is 2.64. The van der Waals surface area contributed by atoms with Crippen LogP contribution in [-0.2, 0) is 9.47 Å². The van der Waals surface area contributed by atoms with Crippen LogP contribution in [0, 0.1) is 0 Å². The van der Waals surface area contributed by atoms with E-state index in [9.17, 15) is 0 Å². The van der Waals surface area contributed by atoms with E-state index < -0.39 is 0 Å². The molecule has 0 saturated carbocycles. The monoisotopic (exact) mass is 190 g/mol. The van der Waals surface area contributed by atoms with Crippen LogP contribution in [0.3, 0.4) is 0 Å². The fourth-order valence-corrected chi connectivity index (χ4v) is 2.41. The van der Waals surface area contributed by atoms with Gasteiger partial charge in [0.1, 0.15) is 4.93 Å². The molecule has 1 aliphatic heterocycles. The summed E-state index contributed by atoms with van der Waals surface area (Å²) in [5.74, 6) is 0.528. The molecule has 0 bridgehead atoms. The van der Waals surface area contributed by atoms with Crippen molar-refractivity contribution < 1.29 is 9.47 Å². The van der Waals surface area contributed by atoms with Crippen molar-refractivity contribution in [1.29, 1.82) is 0 Å². The van der Waals surface area contributed by atoms with E-state index in [4.69, 9.17) is 9.47 Å². The van der Waals surface area contributed by atoms with Gasteiger partial charge in [-0.15, -0.1) is 11.8 Å². The summed E-state index contributed by atoms with van der Waals surface area (Å²) in [6.45, 7) is 10.2. The fourth-order valence-electron chi connectivity index (χ4n) is 1.44. The fraction of sp³-hybridized carbons (Fsp3) is 1.00. The summed E-state index contributed by atoms with van der Waals surface area (Å²) in [4.78, 5) is -0.0936. The predicted octanol–water partition coefficient (Wildman–Crippen LogP) is 2.63. The van der Waals surface area contributed by atoms with Gasteiger partial charge in [-0.2, -0.15) is 0 Å². The Kier molecular flexibility index (Phi) is 2.76. The highest BCUT2D eigenvalue weighted by molar-refractivity contribution is 8.00. The molecule has 1 fully saturated rings. The third-order valence-electron chi connectivity index (χ3n) is 1.63. The van der Waals surface area contributed by atoms with Gasteiger partial charge in [0.25, 0.3) is 0 Å². The van der Waals surface area contributed by atoms with E-state index in [1.165, 1.54) is 0 Å². The van der Waals surface area contributed by atoms with Crippen molar-refractivity contribution in [2.24, 2.45) is 0 Å². The molecular weight excluding hydrogens is 172 g/mol. The van der Waals surface area contributed by atoms with Crippen LogP contribution in [0.4, 0.5) is 0 Å². The van der Waals surface area contributed by atoms with E-state index in [0.717, 1.165) is 5.75 Å². The first-order valence-corrected chi connectivity index (χ1v) is 5.33. The molecule has 3 heteroatoms. The average Bonchev–Trinajstić information content (AvgIpc) is 2.03. The molecular formula is C9H18O2S. The van der Waals surface area contributed by atoms with E-state index >= 15 is 0 Å². The van der Waals surface area contributed by atoms with Gasteiger partial charge in [-0.1, -0.05) is 0 Å². The van der Waals surface area contributed by atoms with Crippen molar-refractivity contribution >= 4 is 11.8 Å². The zero-order chi connectivity index (χ0) is 9.41. The molecule has 72 valence electrons. The zero-order valence-corrected chi connectivity index (χ0v) is 9.33. The minimum absolute atomic E-state index is 0.0936. The van der Waals surface area contributed by atoms with Crippen LogP contribution in [0.2, 0.25) is 0 Å². The van der Waals surface area contributed by atoms with Gasteiger partial charge in [0, 0.05) is 0 Å². The minimum atomic E-state index is -0.387. The Morgan fingerprint density at radius 1 is 1.33 bits per heavy atom. The highest BCUT2D eigenvalue weighted by Gasteiger charge is 2.42. The third-order valence-corrected chi connectivity index (χ3v) is 3.08. The lowest BCUT2D eigenvalue weighted by Crippen LogP contribution is -2.36. The number of hydrogen-bond donors (Lipinski definition) is 0. The molecule has 1 rings (SSSR count). The highest BCUT2D eigenvalue weighted by atomic mass is 32.2. The first kappa shape index (κ1) is 10.4. The van der Waals surface area contributed by atoms with Crippen LogP contribution in [-0.4, -0.2) is 22.6 Å². The SMILES string of the molecule is CC(C)OC1(C)CSC(C)(C)O1. The molecule has 1 aliphatic rings. The average molecular weight is 190 g/mol. The van der Waals surface area contributed by atoms with Crippen molar-refractivity contribution in [3.8, 4) is 0 Å². The molecule has 0 N–H and O–H groups in total. The van der Waals surface area contributed by atoms with Crippen LogP contribution in [0.1, 0.15) is 34.6 Å². The second-order valence-corrected chi connectivity index (χ2v) is 5.65. The summed E-state index contributed by atoms with van der Waals surface area (Å²) in [5, 5.41) is 0. The van der Waals surface area contributed by atoms with Crippen LogP contribution in [0.15, 0.2) is 0 Å². The maximum Gasteiger partial charge on any atom is 0.176 e. The summed E-state index contributed by atoms with van der Waals surface area (Å²) in [7, 11) is 0. The van der Waals surface area contributed by atoms with Crippen LogP contribution in [0.5, 0.6) is 0 Å². The van der Waals surface area contributed by atoms with Crippen molar-refractivity contribution in [3.05, 3.63) is 0 Å². The Hall–Kier alpha value is 0.270. The summed E-state index contributed by atoms with van der Waals surface area (Å²) in [5.41, 5.74) is 0. The summed E-state index contributed by atoms with van der Waals surface area (Å²) >= 11 is 1.80. The lowest BCUT2D eigenvalue weighted by Gasteiger charge is -2.28. The van der Waals surface area contributed by atoms with E-state index in [2.05, 4.69) is 13.8 Å². The molecule has 0 amide bonds. The van der Waals surface area contributed by atoms with Gasteiger partial charge in [-0.25, -0.2) is 0 Å². The highest BCUT2D eigenvalue weighted by Crippen LogP contribution is 2.42. The maximum atomic E-state index is 5.79. The molecule has 0 spiro atoms. The van der Waals surface area contributed by atoms with Gasteiger partial charge < -0.3 is 9.47 Å².